The molecule has 0 spiro atoms. The molecule has 0 radical (unpaired) electrons. The maximum absolute atomic E-state index is 11.9. The molecular formula is C16H12N2O. The molecule has 0 aliphatic heterocycles. The zero-order valence-corrected chi connectivity index (χ0v) is 10.2. The molecule has 0 aliphatic carbocycles. The molecule has 0 amide bonds. The molecule has 3 aromatic rings. The minimum absolute atomic E-state index is 0.0710. The summed E-state index contributed by atoms with van der Waals surface area (Å²) >= 11 is 0. The summed E-state index contributed by atoms with van der Waals surface area (Å²) in [4.78, 5) is 16.3. The highest BCUT2D eigenvalue weighted by molar-refractivity contribution is 5.68. The standard InChI is InChI=1S/C16H12N2O/c19-16-12-14(10-9-13-6-2-1-3-7-13)17-15-8-4-5-11-18(15)16/h1-12H. The van der Waals surface area contributed by atoms with Crippen molar-refractivity contribution in [2.45, 2.75) is 0 Å². The number of hydrogen-bond acceptors (Lipinski definition) is 2. The fraction of sp³-hybridized carbons (Fsp3) is 0. The monoisotopic (exact) mass is 248 g/mol. The highest BCUT2D eigenvalue weighted by Gasteiger charge is 1.98. The smallest absolute Gasteiger partial charge is 0.258 e. The summed E-state index contributed by atoms with van der Waals surface area (Å²) in [6, 6.07) is 17.0. The third-order valence-corrected chi connectivity index (χ3v) is 2.84. The van der Waals surface area contributed by atoms with Crippen LogP contribution in [0.1, 0.15) is 11.3 Å². The molecule has 2 heterocycles. The maximum atomic E-state index is 11.9. The average molecular weight is 248 g/mol. The van der Waals surface area contributed by atoms with Gasteiger partial charge in [0.05, 0.1) is 5.69 Å². The van der Waals surface area contributed by atoms with Crippen LogP contribution in [0.15, 0.2) is 65.6 Å². The van der Waals surface area contributed by atoms with Crippen molar-refractivity contribution in [2.75, 3.05) is 0 Å². The Balaban J connectivity index is 2.02. The van der Waals surface area contributed by atoms with E-state index >= 15 is 0 Å². The zero-order chi connectivity index (χ0) is 13.1. The summed E-state index contributed by atoms with van der Waals surface area (Å²) < 4.78 is 1.53. The lowest BCUT2D eigenvalue weighted by molar-refractivity contribution is 1.04. The van der Waals surface area contributed by atoms with Gasteiger partial charge in [-0.05, 0) is 23.8 Å². The van der Waals surface area contributed by atoms with Gasteiger partial charge in [0, 0.05) is 12.3 Å². The van der Waals surface area contributed by atoms with Crippen molar-refractivity contribution in [1.82, 2.24) is 9.38 Å². The molecule has 1 aromatic carbocycles. The normalized spacial score (nSPS) is 11.2. The minimum atomic E-state index is -0.0710. The summed E-state index contributed by atoms with van der Waals surface area (Å²) in [7, 11) is 0. The van der Waals surface area contributed by atoms with Gasteiger partial charge in [-0.1, -0.05) is 42.5 Å². The van der Waals surface area contributed by atoms with E-state index in [1.54, 1.807) is 6.20 Å². The van der Waals surface area contributed by atoms with E-state index in [0.29, 0.717) is 11.3 Å². The largest absolute Gasteiger partial charge is 0.269 e. The molecule has 0 unspecified atom stereocenters. The van der Waals surface area contributed by atoms with E-state index in [0.717, 1.165) is 5.56 Å². The summed E-state index contributed by atoms with van der Waals surface area (Å²) in [5.41, 5.74) is 2.33. The van der Waals surface area contributed by atoms with Crippen molar-refractivity contribution >= 4 is 17.8 Å². The van der Waals surface area contributed by atoms with E-state index in [-0.39, 0.29) is 5.56 Å². The van der Waals surface area contributed by atoms with Gasteiger partial charge in [0.15, 0.2) is 0 Å². The van der Waals surface area contributed by atoms with Crippen molar-refractivity contribution in [3.63, 3.8) is 0 Å². The number of aromatic nitrogens is 2. The number of rotatable bonds is 2. The molecule has 0 atom stereocenters. The Labute approximate surface area is 110 Å². The van der Waals surface area contributed by atoms with Gasteiger partial charge in [0.2, 0.25) is 0 Å². The molecule has 0 saturated heterocycles. The van der Waals surface area contributed by atoms with Crippen LogP contribution in [0.4, 0.5) is 0 Å². The van der Waals surface area contributed by atoms with Crippen molar-refractivity contribution in [3.05, 3.63) is 82.4 Å². The quantitative estimate of drug-likeness (QED) is 0.699. The second-order valence-electron chi connectivity index (χ2n) is 4.19. The Morgan fingerprint density at radius 2 is 1.74 bits per heavy atom. The number of benzene rings is 1. The summed E-state index contributed by atoms with van der Waals surface area (Å²) in [6.45, 7) is 0. The Hall–Kier alpha value is -2.68. The molecule has 3 heteroatoms. The van der Waals surface area contributed by atoms with Crippen molar-refractivity contribution in [2.24, 2.45) is 0 Å². The molecule has 0 saturated carbocycles. The lowest BCUT2D eigenvalue weighted by Gasteiger charge is -2.00. The Morgan fingerprint density at radius 3 is 2.58 bits per heavy atom. The lowest BCUT2D eigenvalue weighted by Crippen LogP contribution is -2.13. The van der Waals surface area contributed by atoms with Crippen molar-refractivity contribution < 1.29 is 0 Å². The SMILES string of the molecule is O=c1cc(C=Cc2ccccc2)nc2ccccn12. The second-order valence-corrected chi connectivity index (χ2v) is 4.19. The zero-order valence-electron chi connectivity index (χ0n) is 10.2. The second kappa shape index (κ2) is 4.90. The van der Waals surface area contributed by atoms with Crippen LogP contribution in [0.3, 0.4) is 0 Å². The van der Waals surface area contributed by atoms with E-state index < -0.39 is 0 Å². The molecule has 19 heavy (non-hydrogen) atoms. The number of hydrogen-bond donors (Lipinski definition) is 0. The van der Waals surface area contributed by atoms with Crippen LogP contribution in [-0.4, -0.2) is 9.38 Å². The van der Waals surface area contributed by atoms with Gasteiger partial charge in [-0.3, -0.25) is 9.20 Å². The first-order chi connectivity index (χ1) is 9.33. The number of nitrogens with zero attached hydrogens (tertiary/aromatic N) is 2. The van der Waals surface area contributed by atoms with E-state index in [9.17, 15) is 4.79 Å². The fourth-order valence-electron chi connectivity index (χ4n) is 1.90. The van der Waals surface area contributed by atoms with Crippen molar-refractivity contribution in [3.8, 4) is 0 Å². The Morgan fingerprint density at radius 1 is 0.947 bits per heavy atom. The first-order valence-electron chi connectivity index (χ1n) is 6.04. The highest BCUT2D eigenvalue weighted by Crippen LogP contribution is 2.06. The van der Waals surface area contributed by atoms with Crippen LogP contribution < -0.4 is 5.56 Å². The van der Waals surface area contributed by atoms with Gasteiger partial charge in [-0.25, -0.2) is 4.98 Å². The third-order valence-electron chi connectivity index (χ3n) is 2.84. The molecule has 0 fully saturated rings. The number of fused-ring (bicyclic) bond motifs is 1. The van der Waals surface area contributed by atoms with Crippen molar-refractivity contribution in [1.29, 1.82) is 0 Å². The Kier molecular flexibility index (Phi) is 2.94. The summed E-state index contributed by atoms with van der Waals surface area (Å²) in [5, 5.41) is 0. The van der Waals surface area contributed by atoms with E-state index in [1.165, 1.54) is 10.5 Å². The predicted molar refractivity (Wildman–Crippen MR) is 76.8 cm³/mol. The average Bonchev–Trinajstić information content (AvgIpc) is 2.46. The van der Waals surface area contributed by atoms with E-state index in [1.807, 2.05) is 60.7 Å². The molecule has 3 nitrogen and oxygen atoms in total. The van der Waals surface area contributed by atoms with Gasteiger partial charge < -0.3 is 0 Å². The molecule has 0 aliphatic rings. The summed E-state index contributed by atoms with van der Waals surface area (Å²) in [6.07, 6.45) is 5.51. The van der Waals surface area contributed by atoms with Gasteiger partial charge in [0.25, 0.3) is 5.56 Å². The van der Waals surface area contributed by atoms with Crippen LogP contribution in [0, 0.1) is 0 Å². The predicted octanol–water partition coefficient (Wildman–Crippen LogP) is 2.86. The van der Waals surface area contributed by atoms with Crippen LogP contribution in [0.2, 0.25) is 0 Å². The molecule has 3 rings (SSSR count). The fourth-order valence-corrected chi connectivity index (χ4v) is 1.90. The van der Waals surface area contributed by atoms with Crippen LogP contribution in [0.25, 0.3) is 17.8 Å². The molecule has 0 N–H and O–H groups in total. The van der Waals surface area contributed by atoms with Gasteiger partial charge in [0.1, 0.15) is 5.65 Å². The molecular weight excluding hydrogens is 236 g/mol. The molecule has 92 valence electrons. The van der Waals surface area contributed by atoms with E-state index in [4.69, 9.17) is 0 Å². The minimum Gasteiger partial charge on any atom is -0.269 e. The van der Waals surface area contributed by atoms with Gasteiger partial charge in [-0.2, -0.15) is 0 Å². The van der Waals surface area contributed by atoms with Gasteiger partial charge >= 0.3 is 0 Å². The van der Waals surface area contributed by atoms with Crippen LogP contribution >= 0.6 is 0 Å². The Bertz CT molecular complexity index is 788. The first kappa shape index (κ1) is 11.4. The molecule has 0 bridgehead atoms. The first-order valence-corrected chi connectivity index (χ1v) is 6.04. The lowest BCUT2D eigenvalue weighted by atomic mass is 10.2. The topological polar surface area (TPSA) is 34.4 Å². The van der Waals surface area contributed by atoms with Crippen LogP contribution in [-0.2, 0) is 0 Å². The summed E-state index contributed by atoms with van der Waals surface area (Å²) in [5.74, 6) is 0. The molecule has 2 aromatic heterocycles. The third kappa shape index (κ3) is 2.45. The van der Waals surface area contributed by atoms with E-state index in [2.05, 4.69) is 4.98 Å². The van der Waals surface area contributed by atoms with Crippen LogP contribution in [0.5, 0.6) is 0 Å². The van der Waals surface area contributed by atoms with Gasteiger partial charge in [-0.15, -0.1) is 0 Å². The number of pyridine rings is 1. The maximum Gasteiger partial charge on any atom is 0.258 e. The highest BCUT2D eigenvalue weighted by atomic mass is 16.1.